The minimum absolute atomic E-state index is 0.373. The molecule has 0 amide bonds. The predicted octanol–water partition coefficient (Wildman–Crippen LogP) is 9.96. The molecule has 0 aliphatic heterocycles. The molecule has 0 unspecified atom stereocenters. The van der Waals surface area contributed by atoms with Crippen LogP contribution in [0.4, 0.5) is 0 Å². The van der Waals surface area contributed by atoms with Crippen molar-refractivity contribution in [1.29, 1.82) is 0 Å². The Morgan fingerprint density at radius 1 is 0.276 bits per heavy atom. The number of unbranched alkanes of at least 4 members (excludes halogenated alkanes) is 25. The van der Waals surface area contributed by atoms with E-state index < -0.39 is 0 Å². The van der Waals surface area contributed by atoms with Crippen molar-refractivity contribution in [3.05, 3.63) is 6.92 Å². The van der Waals surface area contributed by atoms with Crippen molar-refractivity contribution in [1.82, 2.24) is 0 Å². The van der Waals surface area contributed by atoms with Crippen LogP contribution < -0.4 is 0 Å². The van der Waals surface area contributed by atoms with Crippen molar-refractivity contribution in [2.24, 2.45) is 0 Å². The largest absolute Gasteiger partial charge is 0.396 e. The van der Waals surface area contributed by atoms with Crippen LogP contribution in [0.25, 0.3) is 0 Å². The summed E-state index contributed by atoms with van der Waals surface area (Å²) < 4.78 is 0. The fourth-order valence-electron chi connectivity index (χ4n) is 4.35. The molecule has 29 heavy (non-hydrogen) atoms. The molecular weight excluding hydrogens is 352 g/mol. The third-order valence-corrected chi connectivity index (χ3v) is 6.41. The minimum atomic E-state index is 0.373. The molecule has 0 bridgehead atoms. The smallest absolute Gasteiger partial charge is 0.0431 e. The lowest BCUT2D eigenvalue weighted by Crippen LogP contribution is -1.85. The van der Waals surface area contributed by atoms with Crippen LogP contribution in [0.1, 0.15) is 167 Å². The van der Waals surface area contributed by atoms with Crippen LogP contribution in [0.5, 0.6) is 0 Å². The van der Waals surface area contributed by atoms with E-state index in [1.165, 1.54) is 154 Å². The van der Waals surface area contributed by atoms with E-state index in [-0.39, 0.29) is 0 Å². The van der Waals surface area contributed by atoms with Gasteiger partial charge in [-0.15, -0.1) is 0 Å². The summed E-state index contributed by atoms with van der Waals surface area (Å²) in [4.78, 5) is 0. The molecule has 1 nitrogen and oxygen atoms in total. The van der Waals surface area contributed by atoms with Gasteiger partial charge in [0.15, 0.2) is 0 Å². The number of rotatable bonds is 26. The SMILES string of the molecule is [CH2]CCCCCCCCCCCCCCCCCCCCCCCCCCCO. The number of aliphatic hydroxyl groups excluding tert-OH is 1. The molecular formula is C28H57O. The van der Waals surface area contributed by atoms with Gasteiger partial charge in [-0.1, -0.05) is 167 Å². The van der Waals surface area contributed by atoms with Gasteiger partial charge < -0.3 is 5.11 Å². The maximum absolute atomic E-state index is 8.75. The summed E-state index contributed by atoms with van der Waals surface area (Å²) in [5, 5.41) is 8.75. The summed E-state index contributed by atoms with van der Waals surface area (Å²) in [5.74, 6) is 0. The summed E-state index contributed by atoms with van der Waals surface area (Å²) in [7, 11) is 0. The highest BCUT2D eigenvalue weighted by molar-refractivity contribution is 4.52. The van der Waals surface area contributed by atoms with E-state index >= 15 is 0 Å². The Morgan fingerprint density at radius 2 is 0.448 bits per heavy atom. The van der Waals surface area contributed by atoms with E-state index in [1.54, 1.807) is 0 Å². The van der Waals surface area contributed by atoms with E-state index in [0.29, 0.717) is 6.61 Å². The monoisotopic (exact) mass is 409 g/mol. The van der Waals surface area contributed by atoms with Gasteiger partial charge in [0.25, 0.3) is 0 Å². The molecule has 0 heterocycles. The van der Waals surface area contributed by atoms with Crippen molar-refractivity contribution in [3.63, 3.8) is 0 Å². The highest BCUT2D eigenvalue weighted by atomic mass is 16.2. The molecule has 1 radical (unpaired) electrons. The van der Waals surface area contributed by atoms with Crippen molar-refractivity contribution in [2.75, 3.05) is 6.61 Å². The molecule has 0 aromatic heterocycles. The molecule has 1 N–H and O–H groups in total. The standard InChI is InChI=1S/C28H57O/c1-2-3-4-5-6-7-8-9-10-11-12-13-14-15-16-17-18-19-20-21-22-23-24-25-26-27-28-29/h29H,1-28H2. The van der Waals surface area contributed by atoms with Crippen LogP contribution in [-0.4, -0.2) is 11.7 Å². The molecule has 1 heteroatoms. The zero-order valence-electron chi connectivity index (χ0n) is 20.2. The fourth-order valence-corrected chi connectivity index (χ4v) is 4.35. The second kappa shape index (κ2) is 28.0. The van der Waals surface area contributed by atoms with Gasteiger partial charge in [-0.25, -0.2) is 0 Å². The summed E-state index contributed by atoms with van der Waals surface area (Å²) in [6.45, 7) is 4.28. The van der Waals surface area contributed by atoms with E-state index in [2.05, 4.69) is 6.92 Å². The van der Waals surface area contributed by atoms with Gasteiger partial charge >= 0.3 is 0 Å². The predicted molar refractivity (Wildman–Crippen MR) is 132 cm³/mol. The maximum atomic E-state index is 8.75. The summed E-state index contributed by atoms with van der Waals surface area (Å²) >= 11 is 0. The number of hydrogen-bond acceptors (Lipinski definition) is 1. The highest BCUT2D eigenvalue weighted by Gasteiger charge is 1.96. The molecule has 0 spiro atoms. The first-order valence-electron chi connectivity index (χ1n) is 13.8. The Kier molecular flexibility index (Phi) is 27.9. The highest BCUT2D eigenvalue weighted by Crippen LogP contribution is 2.15. The van der Waals surface area contributed by atoms with E-state index in [4.69, 9.17) is 5.11 Å². The molecule has 0 saturated heterocycles. The van der Waals surface area contributed by atoms with Crippen molar-refractivity contribution < 1.29 is 5.11 Å². The molecule has 0 rings (SSSR count). The molecule has 0 aliphatic rings. The Morgan fingerprint density at radius 3 is 0.621 bits per heavy atom. The van der Waals surface area contributed by atoms with Gasteiger partial charge in [-0.2, -0.15) is 0 Å². The molecule has 0 aromatic rings. The second-order valence-corrected chi connectivity index (χ2v) is 9.42. The first-order valence-corrected chi connectivity index (χ1v) is 13.8. The lowest BCUT2D eigenvalue weighted by atomic mass is 10.0. The maximum Gasteiger partial charge on any atom is 0.0431 e. The normalized spacial score (nSPS) is 11.4. The topological polar surface area (TPSA) is 20.2 Å². The van der Waals surface area contributed by atoms with E-state index in [1.807, 2.05) is 0 Å². The van der Waals surface area contributed by atoms with Gasteiger partial charge in [0.05, 0.1) is 0 Å². The van der Waals surface area contributed by atoms with Crippen LogP contribution in [0.3, 0.4) is 0 Å². The van der Waals surface area contributed by atoms with Crippen molar-refractivity contribution >= 4 is 0 Å². The third kappa shape index (κ3) is 28.0. The Hall–Kier alpha value is -0.0400. The van der Waals surface area contributed by atoms with Crippen molar-refractivity contribution in [3.8, 4) is 0 Å². The molecule has 0 aromatic carbocycles. The molecule has 0 aliphatic carbocycles. The van der Waals surface area contributed by atoms with Gasteiger partial charge in [0, 0.05) is 6.61 Å². The summed E-state index contributed by atoms with van der Waals surface area (Å²) in [6.07, 6.45) is 36.5. The lowest BCUT2D eigenvalue weighted by molar-refractivity contribution is 0.282. The lowest BCUT2D eigenvalue weighted by Gasteiger charge is -2.04. The quantitative estimate of drug-likeness (QED) is 0.141. The van der Waals surface area contributed by atoms with Gasteiger partial charge in [0.1, 0.15) is 0 Å². The Labute approximate surface area is 185 Å². The summed E-state index contributed by atoms with van der Waals surface area (Å²) in [6, 6.07) is 0. The molecule has 0 fully saturated rings. The van der Waals surface area contributed by atoms with Crippen LogP contribution in [0, 0.1) is 6.92 Å². The van der Waals surface area contributed by atoms with Gasteiger partial charge in [-0.05, 0) is 6.42 Å². The van der Waals surface area contributed by atoms with E-state index in [9.17, 15) is 0 Å². The molecule has 175 valence electrons. The Balaban J connectivity index is 2.97. The van der Waals surface area contributed by atoms with Gasteiger partial charge in [0.2, 0.25) is 0 Å². The second-order valence-electron chi connectivity index (χ2n) is 9.42. The molecule has 0 atom stereocenters. The van der Waals surface area contributed by atoms with Crippen LogP contribution >= 0.6 is 0 Å². The average Bonchev–Trinajstić information content (AvgIpc) is 2.74. The zero-order valence-corrected chi connectivity index (χ0v) is 20.2. The third-order valence-electron chi connectivity index (χ3n) is 6.41. The van der Waals surface area contributed by atoms with Gasteiger partial charge in [-0.3, -0.25) is 0 Å². The minimum Gasteiger partial charge on any atom is -0.396 e. The van der Waals surface area contributed by atoms with Crippen LogP contribution in [0.2, 0.25) is 0 Å². The first-order chi connectivity index (χ1) is 14.4. The van der Waals surface area contributed by atoms with E-state index in [0.717, 1.165) is 12.8 Å². The molecule has 0 saturated carbocycles. The fraction of sp³-hybridized carbons (Fsp3) is 0.964. The zero-order chi connectivity index (χ0) is 21.1. The number of aliphatic hydroxyl groups is 1. The Bertz CT molecular complexity index is 237. The first kappa shape index (κ1) is 29.0. The summed E-state index contributed by atoms with van der Waals surface area (Å²) in [5.41, 5.74) is 0. The van der Waals surface area contributed by atoms with Crippen molar-refractivity contribution in [2.45, 2.75) is 167 Å². The van der Waals surface area contributed by atoms with Crippen LogP contribution in [-0.2, 0) is 0 Å². The average molecular weight is 410 g/mol. The number of hydrogen-bond donors (Lipinski definition) is 1. The van der Waals surface area contributed by atoms with Crippen LogP contribution in [0.15, 0.2) is 0 Å².